The fraction of sp³-hybridized carbons (Fsp3) is 0.688. The summed E-state index contributed by atoms with van der Waals surface area (Å²) in [5.41, 5.74) is 0. The Hall–Kier alpha value is -2.65. The second-order valence-electron chi connectivity index (χ2n) is 5.41. The summed E-state index contributed by atoms with van der Waals surface area (Å²) in [4.78, 5) is 56.6. The van der Waals surface area contributed by atoms with Crippen LogP contribution in [0.5, 0.6) is 0 Å². The van der Waals surface area contributed by atoms with Crippen molar-refractivity contribution >= 4 is 29.8 Å². The van der Waals surface area contributed by atoms with Crippen LogP contribution in [0.15, 0.2) is 0 Å². The normalized spacial score (nSPS) is 14.8. The van der Waals surface area contributed by atoms with Gasteiger partial charge >= 0.3 is 29.8 Å². The van der Waals surface area contributed by atoms with Crippen LogP contribution in [0.2, 0.25) is 0 Å². The smallest absolute Gasteiger partial charge is 0.303 e. The number of hydrogen-bond donors (Lipinski definition) is 0. The van der Waals surface area contributed by atoms with Crippen LogP contribution in [0.4, 0.5) is 0 Å². The lowest BCUT2D eigenvalue weighted by molar-refractivity contribution is -0.201. The van der Waals surface area contributed by atoms with Crippen LogP contribution in [0.3, 0.4) is 0 Å². The van der Waals surface area contributed by atoms with Crippen LogP contribution in [0.1, 0.15) is 41.5 Å². The minimum atomic E-state index is -1.38. The summed E-state index contributed by atoms with van der Waals surface area (Å²) in [6.07, 6.45) is -5.02. The molecule has 0 aromatic rings. The van der Waals surface area contributed by atoms with Crippen molar-refractivity contribution < 1.29 is 47.7 Å². The number of esters is 5. The number of rotatable bonds is 9. The number of ether oxygens (including phenoxy) is 5. The average Bonchev–Trinajstić information content (AvgIpc) is 2.45. The van der Waals surface area contributed by atoms with Gasteiger partial charge in [-0.25, -0.2) is 0 Å². The van der Waals surface area contributed by atoms with Crippen molar-refractivity contribution in [2.75, 3.05) is 6.61 Å². The third-order valence-electron chi connectivity index (χ3n) is 2.88. The topological polar surface area (TPSA) is 132 Å². The summed E-state index contributed by atoms with van der Waals surface area (Å²) < 4.78 is 25.1. The van der Waals surface area contributed by atoms with E-state index in [0.717, 1.165) is 34.6 Å². The lowest BCUT2D eigenvalue weighted by Gasteiger charge is -2.34. The number of carbonyl (C=O) groups is 5. The van der Waals surface area contributed by atoms with E-state index in [9.17, 15) is 24.0 Å². The van der Waals surface area contributed by atoms with Crippen molar-refractivity contribution in [1.29, 1.82) is 0 Å². The molecular weight excluding hydrogens is 352 g/mol. The third-order valence-corrected chi connectivity index (χ3v) is 2.88. The summed E-state index contributed by atoms with van der Waals surface area (Å²) in [5.74, 6) is -3.61. The van der Waals surface area contributed by atoms with Crippen LogP contribution < -0.4 is 0 Å². The third kappa shape index (κ3) is 9.60. The van der Waals surface area contributed by atoms with E-state index in [4.69, 9.17) is 23.7 Å². The first kappa shape index (κ1) is 23.4. The van der Waals surface area contributed by atoms with Gasteiger partial charge in [0, 0.05) is 34.6 Å². The van der Waals surface area contributed by atoms with E-state index in [1.54, 1.807) is 0 Å². The molecule has 0 aliphatic carbocycles. The molecule has 0 saturated carbocycles. The fourth-order valence-electron chi connectivity index (χ4n) is 2.11. The van der Waals surface area contributed by atoms with Crippen LogP contribution >= 0.6 is 0 Å². The lowest BCUT2D eigenvalue weighted by Crippen LogP contribution is -2.52. The van der Waals surface area contributed by atoms with Gasteiger partial charge in [-0.05, 0) is 6.92 Å². The van der Waals surface area contributed by atoms with E-state index in [1.165, 1.54) is 6.92 Å². The van der Waals surface area contributed by atoms with Gasteiger partial charge in [0.1, 0.15) is 12.7 Å². The molecule has 0 rings (SSSR count). The molecule has 0 amide bonds. The molecule has 10 nitrogen and oxygen atoms in total. The van der Waals surface area contributed by atoms with Crippen molar-refractivity contribution in [2.45, 2.75) is 66.0 Å². The molecule has 0 N–H and O–H groups in total. The van der Waals surface area contributed by atoms with Gasteiger partial charge in [-0.1, -0.05) is 0 Å². The molecule has 0 radical (unpaired) electrons. The highest BCUT2D eigenvalue weighted by Crippen LogP contribution is 2.19. The zero-order chi connectivity index (χ0) is 20.4. The van der Waals surface area contributed by atoms with E-state index in [0.29, 0.717) is 0 Å². The zero-order valence-electron chi connectivity index (χ0n) is 15.6. The quantitative estimate of drug-likeness (QED) is 0.409. The second kappa shape index (κ2) is 11.1. The van der Waals surface area contributed by atoms with Crippen LogP contribution in [0, 0.1) is 0 Å². The first-order chi connectivity index (χ1) is 11.9. The largest absolute Gasteiger partial charge is 0.462 e. The maximum absolute atomic E-state index is 11.5. The monoisotopic (exact) mass is 376 g/mol. The Labute approximate surface area is 151 Å². The molecule has 4 atom stereocenters. The molecule has 0 aliphatic rings. The van der Waals surface area contributed by atoms with E-state index in [-0.39, 0.29) is 0 Å². The zero-order valence-corrected chi connectivity index (χ0v) is 15.6. The summed E-state index contributed by atoms with van der Waals surface area (Å²) in [7, 11) is 0. The number of hydrogen-bond acceptors (Lipinski definition) is 10. The van der Waals surface area contributed by atoms with Crippen molar-refractivity contribution in [3.8, 4) is 0 Å². The Morgan fingerprint density at radius 1 is 0.615 bits per heavy atom. The van der Waals surface area contributed by atoms with E-state index in [2.05, 4.69) is 0 Å². The summed E-state index contributed by atoms with van der Waals surface area (Å²) >= 11 is 0. The predicted molar refractivity (Wildman–Crippen MR) is 84.5 cm³/mol. The van der Waals surface area contributed by atoms with E-state index < -0.39 is 60.9 Å². The van der Waals surface area contributed by atoms with Gasteiger partial charge in [-0.15, -0.1) is 0 Å². The van der Waals surface area contributed by atoms with Crippen molar-refractivity contribution in [3.05, 3.63) is 0 Å². The van der Waals surface area contributed by atoms with Gasteiger partial charge in [0.05, 0.1) is 0 Å². The maximum Gasteiger partial charge on any atom is 0.303 e. The number of carbonyl (C=O) groups excluding carboxylic acids is 5. The summed E-state index contributed by atoms with van der Waals surface area (Å²) in [6.45, 7) is 6.51. The molecule has 0 aliphatic heterocycles. The van der Waals surface area contributed by atoms with Gasteiger partial charge in [0.15, 0.2) is 18.3 Å². The minimum Gasteiger partial charge on any atom is -0.462 e. The molecule has 0 fully saturated rings. The molecule has 0 heterocycles. The van der Waals surface area contributed by atoms with Gasteiger partial charge in [-0.3, -0.25) is 24.0 Å². The second-order valence-corrected chi connectivity index (χ2v) is 5.41. The average molecular weight is 376 g/mol. The lowest BCUT2D eigenvalue weighted by atomic mass is 10.0. The van der Waals surface area contributed by atoms with Gasteiger partial charge < -0.3 is 23.7 Å². The molecule has 0 unspecified atom stereocenters. The SMILES string of the molecule is CC(=O)OC[C@@H](OC(C)=O)[C@H](OC(C)=O)[C@H](OC(C)=O)[C@H](C)OC(C)=O. The van der Waals surface area contributed by atoms with E-state index in [1.807, 2.05) is 0 Å². The Morgan fingerprint density at radius 2 is 1.04 bits per heavy atom. The Kier molecular flexibility index (Phi) is 9.93. The van der Waals surface area contributed by atoms with Gasteiger partial charge in [0.25, 0.3) is 0 Å². The first-order valence-electron chi connectivity index (χ1n) is 7.76. The van der Waals surface area contributed by atoms with Gasteiger partial charge in [-0.2, -0.15) is 0 Å². The van der Waals surface area contributed by atoms with Crippen LogP contribution in [-0.4, -0.2) is 60.9 Å². The molecular formula is C16H24O10. The fourth-order valence-corrected chi connectivity index (χ4v) is 2.11. The Morgan fingerprint density at radius 3 is 1.42 bits per heavy atom. The summed E-state index contributed by atoms with van der Waals surface area (Å²) in [6, 6.07) is 0. The van der Waals surface area contributed by atoms with Crippen molar-refractivity contribution in [2.24, 2.45) is 0 Å². The highest BCUT2D eigenvalue weighted by molar-refractivity contribution is 5.69. The minimum absolute atomic E-state index is 0.461. The van der Waals surface area contributed by atoms with Gasteiger partial charge in [0.2, 0.25) is 0 Å². The molecule has 0 bridgehead atoms. The molecule has 26 heavy (non-hydrogen) atoms. The molecule has 0 spiro atoms. The summed E-state index contributed by atoms with van der Waals surface area (Å²) in [5, 5.41) is 0. The maximum atomic E-state index is 11.5. The Balaban J connectivity index is 5.80. The molecule has 0 aromatic heterocycles. The van der Waals surface area contributed by atoms with Crippen LogP contribution in [-0.2, 0) is 47.7 Å². The Bertz CT molecular complexity index is 541. The molecule has 0 aromatic carbocycles. The predicted octanol–water partition coefficient (Wildman–Crippen LogP) is 0.296. The molecule has 0 saturated heterocycles. The van der Waals surface area contributed by atoms with Crippen molar-refractivity contribution in [1.82, 2.24) is 0 Å². The molecule has 10 heteroatoms. The highest BCUT2D eigenvalue weighted by Gasteiger charge is 2.42. The molecule has 148 valence electrons. The van der Waals surface area contributed by atoms with Crippen molar-refractivity contribution in [3.63, 3.8) is 0 Å². The first-order valence-corrected chi connectivity index (χ1v) is 7.76. The van der Waals surface area contributed by atoms with E-state index >= 15 is 0 Å². The highest BCUT2D eigenvalue weighted by atomic mass is 16.6. The van der Waals surface area contributed by atoms with Crippen LogP contribution in [0.25, 0.3) is 0 Å². The standard InChI is InChI=1S/C16H24O10/c1-8(23-10(3)18)15(25-12(5)20)16(26-13(6)21)14(24-11(4)19)7-22-9(2)17/h8,14-16H,7H2,1-6H3/t8-,14+,15+,16-/m0/s1.